The van der Waals surface area contributed by atoms with Gasteiger partial charge in [-0.15, -0.1) is 0 Å². The van der Waals surface area contributed by atoms with Crippen molar-refractivity contribution in [3.05, 3.63) is 99.6 Å². The number of carbonyl (C=O) groups excluding carboxylic acids is 2. The average molecular weight is 596 g/mol. The van der Waals surface area contributed by atoms with Crippen LogP contribution in [-0.2, 0) is 23.7 Å². The second-order valence-corrected chi connectivity index (χ2v) is 10.5. The van der Waals surface area contributed by atoms with E-state index in [1.54, 1.807) is 36.9 Å². The molecule has 3 aromatic rings. The van der Waals surface area contributed by atoms with Crippen molar-refractivity contribution in [3.63, 3.8) is 0 Å². The van der Waals surface area contributed by atoms with E-state index in [0.717, 1.165) is 4.90 Å². The predicted molar refractivity (Wildman–Crippen MR) is 140 cm³/mol. The van der Waals surface area contributed by atoms with Crippen molar-refractivity contribution < 1.29 is 40.3 Å². The van der Waals surface area contributed by atoms with Crippen molar-refractivity contribution in [3.8, 4) is 0 Å². The molecule has 2 aromatic carbocycles. The number of pyridine rings is 1. The molecule has 0 bridgehead atoms. The fourth-order valence-corrected chi connectivity index (χ4v) is 5.37. The van der Waals surface area contributed by atoms with Crippen LogP contribution in [0.2, 0.25) is 0 Å². The van der Waals surface area contributed by atoms with Gasteiger partial charge in [-0.05, 0) is 79.4 Å². The van der Waals surface area contributed by atoms with Crippen molar-refractivity contribution >= 4 is 11.8 Å². The number of amides is 2. The van der Waals surface area contributed by atoms with Crippen LogP contribution in [0.25, 0.3) is 0 Å². The van der Waals surface area contributed by atoms with Crippen molar-refractivity contribution in [2.24, 2.45) is 5.92 Å². The van der Waals surface area contributed by atoms with E-state index >= 15 is 0 Å². The molecule has 0 N–H and O–H groups in total. The number of carbonyl (C=O) groups is 2. The summed E-state index contributed by atoms with van der Waals surface area (Å²) in [6, 6.07) is 10.3. The third-order valence-electron chi connectivity index (χ3n) is 7.40. The Labute approximate surface area is 238 Å². The first-order chi connectivity index (χ1) is 19.5. The largest absolute Gasteiger partial charge is 0.416 e. The highest BCUT2D eigenvalue weighted by atomic mass is 19.4. The van der Waals surface area contributed by atoms with Gasteiger partial charge in [-0.3, -0.25) is 9.59 Å². The van der Waals surface area contributed by atoms with Crippen LogP contribution in [-0.4, -0.2) is 46.7 Å². The molecule has 0 saturated carbocycles. The maximum Gasteiger partial charge on any atom is 0.416 e. The van der Waals surface area contributed by atoms with E-state index in [9.17, 15) is 40.3 Å². The van der Waals surface area contributed by atoms with Gasteiger partial charge in [-0.1, -0.05) is 12.1 Å². The minimum absolute atomic E-state index is 0.0362. The van der Waals surface area contributed by atoms with E-state index in [1.165, 1.54) is 25.2 Å². The summed E-state index contributed by atoms with van der Waals surface area (Å²) in [6.07, 6.45) is -9.87. The Bertz CT molecular complexity index is 1450. The van der Waals surface area contributed by atoms with Gasteiger partial charge in [-0.25, -0.2) is 9.37 Å². The fourth-order valence-electron chi connectivity index (χ4n) is 5.37. The van der Waals surface area contributed by atoms with Crippen molar-refractivity contribution in [2.75, 3.05) is 20.1 Å². The van der Waals surface area contributed by atoms with Crippen LogP contribution >= 0.6 is 0 Å². The van der Waals surface area contributed by atoms with Gasteiger partial charge in [0.25, 0.3) is 5.91 Å². The first-order valence-electron chi connectivity index (χ1n) is 13.1. The molecule has 2 heterocycles. The number of aromatic nitrogens is 1. The maximum atomic E-state index is 13.9. The number of benzene rings is 2. The van der Waals surface area contributed by atoms with Crippen LogP contribution in [0.3, 0.4) is 0 Å². The van der Waals surface area contributed by atoms with E-state index in [1.807, 2.05) is 0 Å². The molecule has 1 aliphatic rings. The van der Waals surface area contributed by atoms with Gasteiger partial charge in [0, 0.05) is 44.2 Å². The number of piperidine rings is 1. The first-order valence-corrected chi connectivity index (χ1v) is 13.1. The van der Waals surface area contributed by atoms with E-state index in [4.69, 9.17) is 0 Å². The summed E-state index contributed by atoms with van der Waals surface area (Å²) >= 11 is 0. The van der Waals surface area contributed by atoms with E-state index < -0.39 is 53.6 Å². The van der Waals surface area contributed by atoms with E-state index in [2.05, 4.69) is 4.98 Å². The molecular formula is C30H28F7N3O2. The zero-order valence-corrected chi connectivity index (χ0v) is 23.0. The summed E-state index contributed by atoms with van der Waals surface area (Å²) in [4.78, 5) is 33.9. The Hall–Kier alpha value is -3.96. The third kappa shape index (κ3) is 6.91. The summed E-state index contributed by atoms with van der Waals surface area (Å²) in [5.74, 6) is -2.76. The third-order valence-corrected chi connectivity index (χ3v) is 7.40. The topological polar surface area (TPSA) is 53.5 Å². The van der Waals surface area contributed by atoms with Crippen LogP contribution in [0.5, 0.6) is 0 Å². The van der Waals surface area contributed by atoms with Gasteiger partial charge in [0.2, 0.25) is 5.91 Å². The fraction of sp³-hybridized carbons (Fsp3) is 0.367. The molecule has 0 unspecified atom stereocenters. The molecule has 4 rings (SSSR count). The van der Waals surface area contributed by atoms with E-state index in [0.29, 0.717) is 29.0 Å². The van der Waals surface area contributed by atoms with Gasteiger partial charge in [0.05, 0.1) is 11.1 Å². The first kappa shape index (κ1) is 31.0. The lowest BCUT2D eigenvalue weighted by Crippen LogP contribution is -2.48. The number of nitrogens with zero attached hydrogens (tertiary/aromatic N) is 3. The van der Waals surface area contributed by atoms with E-state index in [-0.39, 0.29) is 42.7 Å². The lowest BCUT2D eigenvalue weighted by Gasteiger charge is -2.40. The van der Waals surface area contributed by atoms with Crippen molar-refractivity contribution in [1.29, 1.82) is 0 Å². The summed E-state index contributed by atoms with van der Waals surface area (Å²) in [7, 11) is 1.30. The number of hydrogen-bond acceptors (Lipinski definition) is 3. The summed E-state index contributed by atoms with van der Waals surface area (Å²) in [5.41, 5.74) is -1.26. The Balaban J connectivity index is 1.64. The van der Waals surface area contributed by atoms with Gasteiger partial charge in [0.1, 0.15) is 11.5 Å². The Morgan fingerprint density at radius 2 is 1.60 bits per heavy atom. The molecule has 0 radical (unpaired) electrons. The molecule has 0 spiro atoms. The monoisotopic (exact) mass is 595 g/mol. The van der Waals surface area contributed by atoms with Crippen LogP contribution in [0.15, 0.2) is 54.6 Å². The highest BCUT2D eigenvalue weighted by molar-refractivity contribution is 5.92. The second kappa shape index (κ2) is 11.7. The average Bonchev–Trinajstić information content (AvgIpc) is 2.91. The zero-order valence-electron chi connectivity index (χ0n) is 23.0. The normalized spacial score (nSPS) is 17.7. The number of aryl methyl sites for hydroxylation is 2. The summed E-state index contributed by atoms with van der Waals surface area (Å²) in [6.45, 7) is 3.13. The van der Waals surface area contributed by atoms with Crippen LogP contribution in [0.4, 0.5) is 30.7 Å². The Morgan fingerprint density at radius 3 is 2.17 bits per heavy atom. The molecular weight excluding hydrogens is 567 g/mol. The number of alkyl halides is 6. The lowest BCUT2D eigenvalue weighted by molar-refractivity contribution is -0.143. The minimum atomic E-state index is -5.02. The van der Waals surface area contributed by atoms with Gasteiger partial charge >= 0.3 is 12.4 Å². The minimum Gasteiger partial charge on any atom is -0.341 e. The van der Waals surface area contributed by atoms with Crippen LogP contribution in [0.1, 0.15) is 56.3 Å². The van der Waals surface area contributed by atoms with Gasteiger partial charge in [0.15, 0.2) is 0 Å². The Kier molecular flexibility index (Phi) is 8.65. The van der Waals surface area contributed by atoms with Crippen LogP contribution < -0.4 is 0 Å². The zero-order chi connectivity index (χ0) is 31.0. The smallest absolute Gasteiger partial charge is 0.341 e. The lowest BCUT2D eigenvalue weighted by atomic mass is 9.78. The molecule has 224 valence electrons. The molecule has 1 aromatic heterocycles. The second-order valence-electron chi connectivity index (χ2n) is 10.5. The van der Waals surface area contributed by atoms with Crippen LogP contribution in [0, 0.1) is 25.6 Å². The van der Waals surface area contributed by atoms with Crippen molar-refractivity contribution in [1.82, 2.24) is 14.8 Å². The highest BCUT2D eigenvalue weighted by Gasteiger charge is 2.40. The highest BCUT2D eigenvalue weighted by Crippen LogP contribution is 2.38. The molecule has 1 fully saturated rings. The quantitative estimate of drug-likeness (QED) is 0.306. The molecule has 2 amide bonds. The molecule has 2 atom stereocenters. The SMILES string of the molecule is Cc1cccc(C(=O)N2CC[C@@H](C(=O)N(C)Cc3cc(C(F)(F)F)cc(C(F)(F)F)c3)[C@H](c3ccc(F)cc3C)C2)n1. The summed E-state index contributed by atoms with van der Waals surface area (Å²) in [5, 5.41) is 0. The predicted octanol–water partition coefficient (Wildman–Crippen LogP) is 6.78. The molecule has 5 nitrogen and oxygen atoms in total. The van der Waals surface area contributed by atoms with Crippen molar-refractivity contribution in [2.45, 2.75) is 45.1 Å². The summed E-state index contributed by atoms with van der Waals surface area (Å²) < 4.78 is 94.1. The van der Waals surface area contributed by atoms with Gasteiger partial charge < -0.3 is 9.80 Å². The molecule has 1 saturated heterocycles. The Morgan fingerprint density at radius 1 is 0.952 bits per heavy atom. The number of rotatable bonds is 5. The maximum absolute atomic E-state index is 13.9. The molecule has 12 heteroatoms. The standard InChI is InChI=1S/C30H28F7N3O2/c1-17-11-22(31)7-8-23(17)25-16-40(28(42)26-6-4-5-18(2)38-26)10-9-24(25)27(41)39(3)15-19-12-20(29(32,33)34)14-21(13-19)30(35,36)37/h4-8,11-14,24-25H,9-10,15-16H2,1-3H3/t24-,25+/m1/s1. The van der Waals surface area contributed by atoms with Gasteiger partial charge in [-0.2, -0.15) is 26.3 Å². The number of hydrogen-bond donors (Lipinski definition) is 0. The molecule has 42 heavy (non-hydrogen) atoms. The molecule has 1 aliphatic heterocycles. The number of likely N-dealkylation sites (tertiary alicyclic amines) is 1. The molecule has 0 aliphatic carbocycles. The number of halogens is 7.